The average Bonchev–Trinajstić information content (AvgIpc) is 3.25. The van der Waals surface area contributed by atoms with Gasteiger partial charge in [0.15, 0.2) is 0 Å². The third-order valence-electron chi connectivity index (χ3n) is 8.10. The van der Waals surface area contributed by atoms with Gasteiger partial charge in [0.25, 0.3) is 11.8 Å². The second-order valence-electron chi connectivity index (χ2n) is 11.7. The van der Waals surface area contributed by atoms with E-state index in [4.69, 9.17) is 9.47 Å². The number of anilines is 5. The van der Waals surface area contributed by atoms with Gasteiger partial charge in [0.2, 0.25) is 11.9 Å². The fourth-order valence-electron chi connectivity index (χ4n) is 5.10. The molecule has 7 rings (SSSR count). The number of methoxy groups -OCH3 is 2. The molecule has 13 nitrogen and oxygen atoms in total. The zero-order valence-corrected chi connectivity index (χ0v) is 30.2. The Morgan fingerprint density at radius 2 is 0.927 bits per heavy atom. The van der Waals surface area contributed by atoms with Crippen molar-refractivity contribution in [3.63, 3.8) is 0 Å². The molecule has 3 aromatic heterocycles. The molecular formula is C42H37N9O4. The summed E-state index contributed by atoms with van der Waals surface area (Å²) in [5.74, 6) is 2.25. The number of rotatable bonds is 11. The molecule has 0 unspecified atom stereocenters. The normalized spacial score (nSPS) is 10.2. The van der Waals surface area contributed by atoms with E-state index in [0.717, 1.165) is 45.1 Å². The van der Waals surface area contributed by atoms with Crippen molar-refractivity contribution in [2.75, 3.05) is 37.2 Å². The van der Waals surface area contributed by atoms with Crippen molar-refractivity contribution in [2.24, 2.45) is 0 Å². The molecule has 0 aliphatic rings. The van der Waals surface area contributed by atoms with Crippen molar-refractivity contribution >= 4 is 40.8 Å². The summed E-state index contributed by atoms with van der Waals surface area (Å²) >= 11 is 0. The first kappa shape index (κ1) is 37.1. The summed E-state index contributed by atoms with van der Waals surface area (Å²) < 4.78 is 10.3. The molecular weight excluding hydrogens is 695 g/mol. The van der Waals surface area contributed by atoms with E-state index in [1.807, 2.05) is 60.7 Å². The van der Waals surface area contributed by atoms with Crippen LogP contribution in [0.15, 0.2) is 146 Å². The minimum absolute atomic E-state index is 0.119. The minimum atomic E-state index is -0.199. The van der Waals surface area contributed by atoms with Crippen molar-refractivity contribution in [3.8, 4) is 33.8 Å². The quantitative estimate of drug-likeness (QED) is 0.103. The van der Waals surface area contributed by atoms with E-state index in [9.17, 15) is 9.59 Å². The number of carbonyl (C=O) groups excluding carboxylic acids is 2. The summed E-state index contributed by atoms with van der Waals surface area (Å²) in [7, 11) is 4.88. The molecule has 0 saturated heterocycles. The van der Waals surface area contributed by atoms with Gasteiger partial charge >= 0.3 is 0 Å². The van der Waals surface area contributed by atoms with Crippen LogP contribution in [0.1, 0.15) is 20.7 Å². The van der Waals surface area contributed by atoms with Crippen LogP contribution < -0.4 is 30.7 Å². The maximum atomic E-state index is 12.3. The van der Waals surface area contributed by atoms with Gasteiger partial charge in [-0.25, -0.2) is 19.9 Å². The van der Waals surface area contributed by atoms with Gasteiger partial charge < -0.3 is 30.7 Å². The SMILES string of the molecule is CNC(=O)c1ccc(Nc2ncc(-c3ccc(OC)cc3)cn2)cc1.COc1ccc(-c2cnc(Nc3ccc(C(=O)Nc4cccnc4)cc3)nc2)cc1. The molecule has 0 atom stereocenters. The molecule has 3 heterocycles. The summed E-state index contributed by atoms with van der Waals surface area (Å²) in [6.07, 6.45) is 10.3. The Balaban J connectivity index is 0.000000190. The number of aromatic nitrogens is 5. The largest absolute Gasteiger partial charge is 0.497 e. The summed E-state index contributed by atoms with van der Waals surface area (Å²) in [4.78, 5) is 45.2. The standard InChI is InChI=1S/C23H19N5O2.C19H18N4O2/c1-30-21-10-6-16(7-11-21)18-13-25-23(26-14-18)28-19-8-4-17(5-9-19)22(29)27-20-3-2-12-24-15-20;1-20-18(24)14-3-7-16(8-4-14)23-19-21-11-15(12-22-19)13-5-9-17(25-2)10-6-13/h2-15H,1H3,(H,27,29)(H,25,26,28);3-12H,1-2H3,(H,20,24)(H,21,22,23). The second-order valence-corrected chi connectivity index (χ2v) is 11.7. The van der Waals surface area contributed by atoms with Crippen LogP contribution in [0.2, 0.25) is 0 Å². The van der Waals surface area contributed by atoms with E-state index in [-0.39, 0.29) is 11.8 Å². The first-order chi connectivity index (χ1) is 26.9. The predicted octanol–water partition coefficient (Wildman–Crippen LogP) is 7.80. The molecule has 13 heteroatoms. The number of ether oxygens (including phenoxy) is 2. The molecule has 0 radical (unpaired) electrons. The monoisotopic (exact) mass is 731 g/mol. The fraction of sp³-hybridized carbons (Fsp3) is 0.0714. The van der Waals surface area contributed by atoms with Crippen LogP contribution in [0.4, 0.5) is 29.0 Å². The van der Waals surface area contributed by atoms with Crippen LogP contribution in [0.25, 0.3) is 22.3 Å². The van der Waals surface area contributed by atoms with Crippen LogP contribution in [0.5, 0.6) is 11.5 Å². The number of hydrogen-bond acceptors (Lipinski definition) is 11. The number of amides is 2. The van der Waals surface area contributed by atoms with Crippen molar-refractivity contribution in [2.45, 2.75) is 0 Å². The van der Waals surface area contributed by atoms with Gasteiger partial charge in [-0.3, -0.25) is 14.6 Å². The van der Waals surface area contributed by atoms with Gasteiger partial charge in [-0.2, -0.15) is 0 Å². The maximum Gasteiger partial charge on any atom is 0.255 e. The van der Waals surface area contributed by atoms with Crippen molar-refractivity contribution in [1.29, 1.82) is 0 Å². The Bertz CT molecular complexity index is 2290. The highest BCUT2D eigenvalue weighted by molar-refractivity contribution is 6.04. The Kier molecular flexibility index (Phi) is 12.3. The van der Waals surface area contributed by atoms with E-state index in [1.54, 1.807) is 107 Å². The average molecular weight is 732 g/mol. The van der Waals surface area contributed by atoms with Crippen LogP contribution >= 0.6 is 0 Å². The van der Waals surface area contributed by atoms with Crippen LogP contribution in [0, 0.1) is 0 Å². The number of benzene rings is 4. The van der Waals surface area contributed by atoms with Gasteiger partial charge in [0.1, 0.15) is 11.5 Å². The van der Waals surface area contributed by atoms with Gasteiger partial charge in [0.05, 0.1) is 26.1 Å². The predicted molar refractivity (Wildman–Crippen MR) is 213 cm³/mol. The van der Waals surface area contributed by atoms with E-state index in [1.165, 1.54) is 0 Å². The van der Waals surface area contributed by atoms with Crippen molar-refractivity contribution in [1.82, 2.24) is 30.2 Å². The lowest BCUT2D eigenvalue weighted by Crippen LogP contribution is -2.17. The maximum absolute atomic E-state index is 12.3. The van der Waals surface area contributed by atoms with Crippen molar-refractivity contribution in [3.05, 3.63) is 158 Å². The van der Waals surface area contributed by atoms with Gasteiger partial charge in [-0.15, -0.1) is 0 Å². The molecule has 274 valence electrons. The van der Waals surface area contributed by atoms with Crippen molar-refractivity contribution < 1.29 is 19.1 Å². The number of carbonyl (C=O) groups is 2. The summed E-state index contributed by atoms with van der Waals surface area (Å²) in [6, 6.07) is 33.2. The molecule has 0 saturated carbocycles. The van der Waals surface area contributed by atoms with Gasteiger partial charge in [-0.1, -0.05) is 24.3 Å². The van der Waals surface area contributed by atoms with Gasteiger partial charge in [-0.05, 0) is 96.1 Å². The molecule has 7 aromatic rings. The lowest BCUT2D eigenvalue weighted by Gasteiger charge is -2.08. The molecule has 0 fully saturated rings. The van der Waals surface area contributed by atoms with E-state index < -0.39 is 0 Å². The zero-order valence-electron chi connectivity index (χ0n) is 30.2. The molecule has 0 spiro atoms. The highest BCUT2D eigenvalue weighted by atomic mass is 16.5. The Morgan fingerprint density at radius 1 is 0.491 bits per heavy atom. The summed E-state index contributed by atoms with van der Waals surface area (Å²) in [5, 5.41) is 11.6. The summed E-state index contributed by atoms with van der Waals surface area (Å²) in [6.45, 7) is 0. The first-order valence-electron chi connectivity index (χ1n) is 17.0. The molecule has 0 bridgehead atoms. The highest BCUT2D eigenvalue weighted by Crippen LogP contribution is 2.24. The molecule has 4 aromatic carbocycles. The van der Waals surface area contributed by atoms with Gasteiger partial charge in [0, 0.05) is 71.7 Å². The molecule has 4 N–H and O–H groups in total. The van der Waals surface area contributed by atoms with Crippen LogP contribution in [0.3, 0.4) is 0 Å². The third-order valence-corrected chi connectivity index (χ3v) is 8.10. The van der Waals surface area contributed by atoms with E-state index in [2.05, 4.69) is 46.2 Å². The number of pyridine rings is 1. The minimum Gasteiger partial charge on any atom is -0.497 e. The molecule has 2 amide bonds. The summed E-state index contributed by atoms with van der Waals surface area (Å²) in [5.41, 5.74) is 7.23. The van der Waals surface area contributed by atoms with Crippen LogP contribution in [-0.4, -0.2) is 58.0 Å². The number of nitrogens with one attached hydrogen (secondary N) is 4. The topological polar surface area (TPSA) is 165 Å². The number of hydrogen-bond donors (Lipinski definition) is 4. The Labute approximate surface area is 317 Å². The second kappa shape index (κ2) is 18.2. The fourth-order valence-corrected chi connectivity index (χ4v) is 5.10. The molecule has 0 aliphatic heterocycles. The molecule has 0 aliphatic carbocycles. The first-order valence-corrected chi connectivity index (χ1v) is 17.0. The lowest BCUT2D eigenvalue weighted by molar-refractivity contribution is 0.0962. The zero-order chi connectivity index (χ0) is 38.4. The number of nitrogens with zero attached hydrogens (tertiary/aromatic N) is 5. The molecule has 55 heavy (non-hydrogen) atoms. The smallest absolute Gasteiger partial charge is 0.255 e. The highest BCUT2D eigenvalue weighted by Gasteiger charge is 2.08. The van der Waals surface area contributed by atoms with Crippen LogP contribution in [-0.2, 0) is 0 Å². The third kappa shape index (κ3) is 10.2. The Hall–Kier alpha value is -7.67. The van der Waals surface area contributed by atoms with E-state index in [0.29, 0.717) is 28.7 Å². The lowest BCUT2D eigenvalue weighted by atomic mass is 10.1. The Morgan fingerprint density at radius 3 is 1.31 bits per heavy atom. The van der Waals surface area contributed by atoms with E-state index >= 15 is 0 Å².